The van der Waals surface area contributed by atoms with Gasteiger partial charge in [-0.15, -0.1) is 0 Å². The Morgan fingerprint density at radius 2 is 1.66 bits per heavy atom. The number of unbranched alkanes of at least 4 members (excludes halogenated alkanes) is 1. The quantitative estimate of drug-likeness (QED) is 0.594. The second kappa shape index (κ2) is 11.3. The van der Waals surface area contributed by atoms with Crippen molar-refractivity contribution in [3.8, 4) is 0 Å². The van der Waals surface area contributed by atoms with Crippen LogP contribution in [0.5, 0.6) is 0 Å². The Morgan fingerprint density at radius 1 is 0.931 bits per heavy atom. The van der Waals surface area contributed by atoms with E-state index in [9.17, 15) is 9.59 Å². The van der Waals surface area contributed by atoms with Crippen molar-refractivity contribution in [2.24, 2.45) is 5.92 Å². The van der Waals surface area contributed by atoms with Crippen LogP contribution < -0.4 is 0 Å². The molecular weight excluding hydrogens is 368 g/mol. The minimum atomic E-state index is 0.126. The molecule has 7 nitrogen and oxygen atoms in total. The van der Waals surface area contributed by atoms with E-state index in [1.165, 1.54) is 0 Å². The molecule has 3 fully saturated rings. The Labute approximate surface area is 176 Å². The first kappa shape index (κ1) is 22.5. The van der Waals surface area contributed by atoms with Gasteiger partial charge in [0, 0.05) is 58.5 Å². The van der Waals surface area contributed by atoms with Crippen molar-refractivity contribution in [3.05, 3.63) is 0 Å². The number of carbonyl (C=O) groups is 2. The number of carbonyl (C=O) groups excluding carboxylic acids is 2. The Morgan fingerprint density at radius 3 is 2.34 bits per heavy atom. The molecule has 7 heteroatoms. The summed E-state index contributed by atoms with van der Waals surface area (Å²) in [4.78, 5) is 34.2. The predicted molar refractivity (Wildman–Crippen MR) is 114 cm³/mol. The van der Waals surface area contributed by atoms with Gasteiger partial charge in [-0.05, 0) is 45.7 Å². The van der Waals surface area contributed by atoms with Crippen LogP contribution in [0.2, 0.25) is 0 Å². The molecule has 1 atom stereocenters. The van der Waals surface area contributed by atoms with E-state index in [4.69, 9.17) is 4.74 Å². The third-order valence-electron chi connectivity index (χ3n) is 6.82. The fourth-order valence-electron chi connectivity index (χ4n) is 4.80. The molecule has 0 aromatic heterocycles. The number of likely N-dealkylation sites (N-methyl/N-ethyl adjacent to an activating group) is 1. The van der Waals surface area contributed by atoms with Crippen molar-refractivity contribution in [1.29, 1.82) is 0 Å². The average Bonchev–Trinajstić information content (AvgIpc) is 2.77. The van der Waals surface area contributed by atoms with E-state index in [1.807, 2.05) is 4.90 Å². The van der Waals surface area contributed by atoms with Gasteiger partial charge in [0.2, 0.25) is 11.8 Å². The van der Waals surface area contributed by atoms with Crippen molar-refractivity contribution in [1.82, 2.24) is 19.6 Å². The molecule has 3 aliphatic rings. The molecule has 3 rings (SSSR count). The van der Waals surface area contributed by atoms with Crippen LogP contribution in [-0.4, -0.2) is 110 Å². The van der Waals surface area contributed by atoms with Gasteiger partial charge in [-0.3, -0.25) is 14.5 Å². The van der Waals surface area contributed by atoms with Gasteiger partial charge >= 0.3 is 0 Å². The molecule has 3 heterocycles. The van der Waals surface area contributed by atoms with Gasteiger partial charge in [0.15, 0.2) is 0 Å². The predicted octanol–water partition coefficient (Wildman–Crippen LogP) is 1.28. The SMILES string of the molecule is CCCCOCC(=O)N1CCC(N2CCC[C@@H](C(=O)N3CCN(C)CC3)C2)CC1. The zero-order valence-corrected chi connectivity index (χ0v) is 18.5. The van der Waals surface area contributed by atoms with E-state index in [1.54, 1.807) is 0 Å². The van der Waals surface area contributed by atoms with Crippen molar-refractivity contribution < 1.29 is 14.3 Å². The van der Waals surface area contributed by atoms with Gasteiger partial charge in [0.1, 0.15) is 6.61 Å². The van der Waals surface area contributed by atoms with Crippen molar-refractivity contribution in [2.45, 2.75) is 51.5 Å². The first-order valence-corrected chi connectivity index (χ1v) is 11.7. The standard InChI is InChI=1S/C22H40N4O3/c1-3-4-16-29-18-21(27)24-10-7-20(8-11-24)26-9-5-6-19(17-26)22(28)25-14-12-23(2)13-15-25/h19-20H,3-18H2,1-2H3/t19-/m1/s1. The van der Waals surface area contributed by atoms with Crippen LogP contribution in [0.15, 0.2) is 0 Å². The summed E-state index contributed by atoms with van der Waals surface area (Å²) in [6, 6.07) is 0.503. The summed E-state index contributed by atoms with van der Waals surface area (Å²) >= 11 is 0. The molecule has 0 bridgehead atoms. The van der Waals surface area contributed by atoms with Crippen LogP contribution in [0.25, 0.3) is 0 Å². The van der Waals surface area contributed by atoms with Crippen molar-refractivity contribution in [2.75, 3.05) is 72.6 Å². The Bertz CT molecular complexity index is 528. The molecule has 0 aliphatic carbocycles. The monoisotopic (exact) mass is 408 g/mol. The molecular formula is C22H40N4O3. The Balaban J connectivity index is 1.41. The number of hydrogen-bond donors (Lipinski definition) is 0. The van der Waals surface area contributed by atoms with Gasteiger partial charge in [-0.1, -0.05) is 13.3 Å². The molecule has 0 unspecified atom stereocenters. The maximum absolute atomic E-state index is 13.0. The lowest BCUT2D eigenvalue weighted by Crippen LogP contribution is -2.54. The number of hydrogen-bond acceptors (Lipinski definition) is 5. The van der Waals surface area contributed by atoms with E-state index in [-0.39, 0.29) is 18.4 Å². The molecule has 0 radical (unpaired) electrons. The number of rotatable bonds is 7. The zero-order valence-electron chi connectivity index (χ0n) is 18.5. The van der Waals surface area contributed by atoms with Gasteiger partial charge < -0.3 is 19.4 Å². The topological polar surface area (TPSA) is 56.3 Å². The highest BCUT2D eigenvalue weighted by Crippen LogP contribution is 2.25. The van der Waals surface area contributed by atoms with Crippen LogP contribution in [0.4, 0.5) is 0 Å². The average molecular weight is 409 g/mol. The van der Waals surface area contributed by atoms with Crippen LogP contribution >= 0.6 is 0 Å². The number of amides is 2. The van der Waals surface area contributed by atoms with Crippen LogP contribution in [-0.2, 0) is 14.3 Å². The highest BCUT2D eigenvalue weighted by atomic mass is 16.5. The number of piperazine rings is 1. The first-order chi connectivity index (χ1) is 14.1. The van der Waals surface area contributed by atoms with Gasteiger partial charge in [-0.2, -0.15) is 0 Å². The number of likely N-dealkylation sites (tertiary alicyclic amines) is 2. The highest BCUT2D eigenvalue weighted by molar-refractivity contribution is 5.79. The molecule has 0 aromatic carbocycles. The molecule has 166 valence electrons. The van der Waals surface area contributed by atoms with Gasteiger partial charge in [-0.25, -0.2) is 0 Å². The summed E-state index contributed by atoms with van der Waals surface area (Å²) in [6.07, 6.45) is 6.25. The molecule has 3 saturated heterocycles. The summed E-state index contributed by atoms with van der Waals surface area (Å²) in [5.41, 5.74) is 0. The van der Waals surface area contributed by atoms with E-state index in [0.29, 0.717) is 18.6 Å². The number of nitrogens with zero attached hydrogens (tertiary/aromatic N) is 4. The zero-order chi connectivity index (χ0) is 20.6. The molecule has 29 heavy (non-hydrogen) atoms. The van der Waals surface area contributed by atoms with E-state index in [2.05, 4.69) is 28.7 Å². The van der Waals surface area contributed by atoms with E-state index in [0.717, 1.165) is 90.9 Å². The fraction of sp³-hybridized carbons (Fsp3) is 0.909. The smallest absolute Gasteiger partial charge is 0.248 e. The summed E-state index contributed by atoms with van der Waals surface area (Å²) in [7, 11) is 2.12. The number of piperidine rings is 2. The van der Waals surface area contributed by atoms with E-state index < -0.39 is 0 Å². The molecule has 3 aliphatic heterocycles. The number of ether oxygens (including phenoxy) is 1. The normalized spacial score (nSPS) is 25.4. The van der Waals surface area contributed by atoms with E-state index >= 15 is 0 Å². The second-order valence-corrected chi connectivity index (χ2v) is 8.98. The second-order valence-electron chi connectivity index (χ2n) is 8.98. The fourth-order valence-corrected chi connectivity index (χ4v) is 4.80. The minimum absolute atomic E-state index is 0.126. The lowest BCUT2D eigenvalue weighted by atomic mass is 9.92. The van der Waals surface area contributed by atoms with Crippen molar-refractivity contribution in [3.63, 3.8) is 0 Å². The summed E-state index contributed by atoms with van der Waals surface area (Å²) < 4.78 is 5.49. The largest absolute Gasteiger partial charge is 0.372 e. The van der Waals surface area contributed by atoms with Gasteiger partial charge in [0.25, 0.3) is 0 Å². The van der Waals surface area contributed by atoms with Crippen LogP contribution in [0.3, 0.4) is 0 Å². The minimum Gasteiger partial charge on any atom is -0.372 e. The molecule has 2 amide bonds. The molecule has 0 N–H and O–H groups in total. The summed E-state index contributed by atoms with van der Waals surface area (Å²) in [6.45, 7) is 10.3. The third-order valence-corrected chi connectivity index (χ3v) is 6.82. The van der Waals surface area contributed by atoms with Crippen molar-refractivity contribution >= 4 is 11.8 Å². The maximum Gasteiger partial charge on any atom is 0.248 e. The van der Waals surface area contributed by atoms with Crippen LogP contribution in [0.1, 0.15) is 45.4 Å². The Kier molecular flexibility index (Phi) is 8.75. The molecule has 0 spiro atoms. The molecule has 0 saturated carbocycles. The molecule has 0 aromatic rings. The summed E-state index contributed by atoms with van der Waals surface area (Å²) in [5, 5.41) is 0. The third kappa shape index (κ3) is 6.40. The van der Waals surface area contributed by atoms with Crippen LogP contribution in [0, 0.1) is 5.92 Å². The lowest BCUT2D eigenvalue weighted by molar-refractivity contribution is -0.139. The first-order valence-electron chi connectivity index (χ1n) is 11.7. The Hall–Kier alpha value is -1.18. The highest BCUT2D eigenvalue weighted by Gasteiger charge is 2.34. The maximum atomic E-state index is 13.0. The van der Waals surface area contributed by atoms with Gasteiger partial charge in [0.05, 0.1) is 5.92 Å². The summed E-state index contributed by atoms with van der Waals surface area (Å²) in [5.74, 6) is 0.639. The lowest BCUT2D eigenvalue weighted by Gasteiger charge is -2.43.